The molecule has 1 aliphatic heterocycles. The van der Waals surface area contributed by atoms with E-state index in [0.717, 1.165) is 45.2 Å². The molecule has 23 heavy (non-hydrogen) atoms. The van der Waals surface area contributed by atoms with Crippen molar-refractivity contribution in [3.05, 3.63) is 0 Å². The number of hydrogen-bond acceptors (Lipinski definition) is 3. The van der Waals surface area contributed by atoms with Crippen LogP contribution < -0.4 is 10.6 Å². The summed E-state index contributed by atoms with van der Waals surface area (Å²) in [6.07, 6.45) is 10.8. The van der Waals surface area contributed by atoms with Crippen LogP contribution in [0.3, 0.4) is 0 Å². The highest BCUT2D eigenvalue weighted by molar-refractivity contribution is 5.79. The molecule has 0 spiro atoms. The number of aliphatic imine (C=N–C) groups is 1. The fraction of sp³-hybridized carbons (Fsp3) is 0.944. The summed E-state index contributed by atoms with van der Waals surface area (Å²) < 4.78 is 5.89. The van der Waals surface area contributed by atoms with Crippen LogP contribution in [0.4, 0.5) is 0 Å². The van der Waals surface area contributed by atoms with Crippen molar-refractivity contribution in [2.75, 3.05) is 45.9 Å². The van der Waals surface area contributed by atoms with Gasteiger partial charge in [-0.05, 0) is 52.1 Å². The Labute approximate surface area is 142 Å². The molecule has 1 saturated carbocycles. The maximum absolute atomic E-state index is 5.89. The van der Waals surface area contributed by atoms with E-state index >= 15 is 0 Å². The summed E-state index contributed by atoms with van der Waals surface area (Å²) in [7, 11) is 0. The minimum absolute atomic E-state index is 0.523. The first-order chi connectivity index (χ1) is 11.4. The predicted molar refractivity (Wildman–Crippen MR) is 97.1 cm³/mol. The summed E-state index contributed by atoms with van der Waals surface area (Å²) >= 11 is 0. The highest BCUT2D eigenvalue weighted by Gasteiger charge is 2.14. The molecule has 0 radical (unpaired) electrons. The van der Waals surface area contributed by atoms with Crippen molar-refractivity contribution in [1.82, 2.24) is 15.5 Å². The Morgan fingerprint density at radius 3 is 2.61 bits per heavy atom. The van der Waals surface area contributed by atoms with Crippen molar-refractivity contribution >= 4 is 5.96 Å². The molecule has 2 fully saturated rings. The van der Waals surface area contributed by atoms with Crippen LogP contribution in [0.15, 0.2) is 4.99 Å². The summed E-state index contributed by atoms with van der Waals surface area (Å²) in [5, 5.41) is 6.79. The molecule has 5 heteroatoms. The zero-order valence-electron chi connectivity index (χ0n) is 15.0. The third kappa shape index (κ3) is 8.02. The molecular weight excluding hydrogens is 288 g/mol. The molecule has 1 heterocycles. The minimum Gasteiger partial charge on any atom is -0.378 e. The normalized spacial score (nSPS) is 20.8. The van der Waals surface area contributed by atoms with Crippen LogP contribution >= 0.6 is 0 Å². The Morgan fingerprint density at radius 1 is 1.09 bits per heavy atom. The minimum atomic E-state index is 0.523. The molecule has 2 N–H and O–H groups in total. The largest absolute Gasteiger partial charge is 0.378 e. The number of hydrogen-bond donors (Lipinski definition) is 2. The van der Waals surface area contributed by atoms with E-state index in [1.165, 1.54) is 58.0 Å². The molecule has 0 unspecified atom stereocenters. The van der Waals surface area contributed by atoms with Crippen molar-refractivity contribution < 1.29 is 4.74 Å². The van der Waals surface area contributed by atoms with Crippen LogP contribution in [0.1, 0.15) is 58.3 Å². The van der Waals surface area contributed by atoms with E-state index in [1.807, 2.05) is 0 Å². The lowest BCUT2D eigenvalue weighted by molar-refractivity contribution is 0.0579. The van der Waals surface area contributed by atoms with Gasteiger partial charge in [-0.15, -0.1) is 0 Å². The van der Waals surface area contributed by atoms with Gasteiger partial charge in [0.1, 0.15) is 0 Å². The summed E-state index contributed by atoms with van der Waals surface area (Å²) in [6.45, 7) is 9.33. The number of guanidine groups is 1. The van der Waals surface area contributed by atoms with Crippen molar-refractivity contribution in [2.24, 2.45) is 4.99 Å². The summed E-state index contributed by atoms with van der Waals surface area (Å²) in [5.74, 6) is 0.949. The standard InChI is InChI=1S/C18H36N4O/c1-2-19-18(21-12-15-22-13-6-3-7-14-22)20-11-8-16-23-17-9-4-5-10-17/h17H,2-16H2,1H3,(H2,19,20,21). The monoisotopic (exact) mass is 324 g/mol. The van der Waals surface area contributed by atoms with Gasteiger partial charge in [0, 0.05) is 32.8 Å². The maximum atomic E-state index is 5.89. The first-order valence-corrected chi connectivity index (χ1v) is 9.74. The Kier molecular flexibility index (Phi) is 9.41. The van der Waals surface area contributed by atoms with Gasteiger partial charge in [0.05, 0.1) is 6.10 Å². The fourth-order valence-corrected chi connectivity index (χ4v) is 3.42. The highest BCUT2D eigenvalue weighted by Crippen LogP contribution is 2.20. The summed E-state index contributed by atoms with van der Waals surface area (Å²) in [4.78, 5) is 7.21. The smallest absolute Gasteiger partial charge is 0.191 e. The molecule has 1 saturated heterocycles. The number of piperidine rings is 1. The molecule has 1 aliphatic carbocycles. The average Bonchev–Trinajstić information content (AvgIpc) is 3.09. The molecule has 2 rings (SSSR count). The molecule has 0 aromatic rings. The van der Waals surface area contributed by atoms with Crippen molar-refractivity contribution in [2.45, 2.75) is 64.4 Å². The highest BCUT2D eigenvalue weighted by atomic mass is 16.5. The average molecular weight is 325 g/mol. The number of ether oxygens (including phenoxy) is 1. The van der Waals surface area contributed by atoms with E-state index in [4.69, 9.17) is 4.74 Å². The zero-order chi connectivity index (χ0) is 16.2. The van der Waals surface area contributed by atoms with Crippen LogP contribution in [-0.4, -0.2) is 62.8 Å². The number of likely N-dealkylation sites (tertiary alicyclic amines) is 1. The van der Waals surface area contributed by atoms with E-state index in [1.54, 1.807) is 0 Å². The SMILES string of the molecule is CCNC(=NCCCOC1CCCC1)NCCN1CCCCC1. The van der Waals surface area contributed by atoms with Gasteiger partial charge >= 0.3 is 0 Å². The molecule has 0 atom stereocenters. The van der Waals surface area contributed by atoms with Gasteiger partial charge in [0.2, 0.25) is 0 Å². The topological polar surface area (TPSA) is 48.9 Å². The lowest BCUT2D eigenvalue weighted by Crippen LogP contribution is -2.42. The third-order valence-corrected chi connectivity index (χ3v) is 4.74. The fourth-order valence-electron chi connectivity index (χ4n) is 3.42. The van der Waals surface area contributed by atoms with Crippen LogP contribution in [0, 0.1) is 0 Å². The van der Waals surface area contributed by atoms with Gasteiger partial charge in [-0.2, -0.15) is 0 Å². The Balaban J connectivity index is 1.55. The molecule has 0 aromatic heterocycles. The number of nitrogens with one attached hydrogen (secondary N) is 2. The first-order valence-electron chi connectivity index (χ1n) is 9.74. The number of rotatable bonds is 9. The first kappa shape index (κ1) is 18.5. The second-order valence-corrected chi connectivity index (χ2v) is 6.72. The summed E-state index contributed by atoms with van der Waals surface area (Å²) in [5.41, 5.74) is 0. The molecular formula is C18H36N4O. The van der Waals surface area contributed by atoms with Crippen molar-refractivity contribution in [1.29, 1.82) is 0 Å². The quantitative estimate of drug-likeness (QED) is 0.388. The molecule has 0 bridgehead atoms. The second-order valence-electron chi connectivity index (χ2n) is 6.72. The van der Waals surface area contributed by atoms with Gasteiger partial charge in [-0.3, -0.25) is 4.99 Å². The molecule has 134 valence electrons. The van der Waals surface area contributed by atoms with Crippen molar-refractivity contribution in [3.63, 3.8) is 0 Å². The molecule has 0 aromatic carbocycles. The van der Waals surface area contributed by atoms with Crippen LogP contribution in [0.25, 0.3) is 0 Å². The van der Waals surface area contributed by atoms with E-state index in [-0.39, 0.29) is 0 Å². The molecule has 5 nitrogen and oxygen atoms in total. The van der Waals surface area contributed by atoms with Gasteiger partial charge in [0.25, 0.3) is 0 Å². The van der Waals surface area contributed by atoms with E-state index in [9.17, 15) is 0 Å². The lowest BCUT2D eigenvalue weighted by atomic mass is 10.1. The lowest BCUT2D eigenvalue weighted by Gasteiger charge is -2.26. The third-order valence-electron chi connectivity index (χ3n) is 4.74. The maximum Gasteiger partial charge on any atom is 0.191 e. The molecule has 0 amide bonds. The Hall–Kier alpha value is -0.810. The summed E-state index contributed by atoms with van der Waals surface area (Å²) in [6, 6.07) is 0. The van der Waals surface area contributed by atoms with Gasteiger partial charge in [-0.25, -0.2) is 0 Å². The van der Waals surface area contributed by atoms with Gasteiger partial charge in [0.15, 0.2) is 5.96 Å². The van der Waals surface area contributed by atoms with Crippen LogP contribution in [0.5, 0.6) is 0 Å². The van der Waals surface area contributed by atoms with Crippen LogP contribution in [0.2, 0.25) is 0 Å². The Morgan fingerprint density at radius 2 is 1.87 bits per heavy atom. The van der Waals surface area contributed by atoms with Gasteiger partial charge < -0.3 is 20.3 Å². The zero-order valence-corrected chi connectivity index (χ0v) is 15.0. The molecule has 2 aliphatic rings. The van der Waals surface area contributed by atoms with E-state index in [0.29, 0.717) is 6.10 Å². The van der Waals surface area contributed by atoms with Gasteiger partial charge in [-0.1, -0.05) is 19.3 Å². The second kappa shape index (κ2) is 11.7. The number of nitrogens with zero attached hydrogens (tertiary/aromatic N) is 2. The Bertz CT molecular complexity index is 323. The predicted octanol–water partition coefficient (Wildman–Crippen LogP) is 2.38. The van der Waals surface area contributed by atoms with E-state index < -0.39 is 0 Å². The van der Waals surface area contributed by atoms with Crippen molar-refractivity contribution in [3.8, 4) is 0 Å². The van der Waals surface area contributed by atoms with Crippen LogP contribution in [-0.2, 0) is 4.74 Å². The van der Waals surface area contributed by atoms with E-state index in [2.05, 4.69) is 27.4 Å².